The molecule has 7 nitrogen and oxygen atoms in total. The zero-order valence-corrected chi connectivity index (χ0v) is 35.0. The van der Waals surface area contributed by atoms with E-state index in [-0.39, 0.29) is 0 Å². The Morgan fingerprint density at radius 3 is 1.41 bits per heavy atom. The van der Waals surface area contributed by atoms with Gasteiger partial charge in [0, 0.05) is 28.2 Å². The molecule has 13 rings (SSSR count). The first-order valence-corrected chi connectivity index (χ1v) is 22.0. The fourth-order valence-corrected chi connectivity index (χ4v) is 10.2. The lowest BCUT2D eigenvalue weighted by Crippen LogP contribution is -2.16. The Bertz CT molecular complexity index is 3490. The van der Waals surface area contributed by atoms with E-state index in [0.717, 1.165) is 117 Å². The van der Waals surface area contributed by atoms with Crippen molar-refractivity contribution in [3.05, 3.63) is 212 Å². The number of thiazole rings is 1. The van der Waals surface area contributed by atoms with Gasteiger partial charge in [0.2, 0.25) is 0 Å². The third-order valence-electron chi connectivity index (χ3n) is 12.0. The van der Waals surface area contributed by atoms with E-state index in [1.165, 1.54) is 0 Å². The van der Waals surface area contributed by atoms with Crippen molar-refractivity contribution in [1.29, 1.82) is 0 Å². The van der Waals surface area contributed by atoms with Crippen LogP contribution in [-0.2, 0) is 0 Å². The first-order valence-electron chi connectivity index (χ1n) is 21.2. The lowest BCUT2D eigenvalue weighted by Gasteiger charge is -2.33. The van der Waals surface area contributed by atoms with E-state index in [9.17, 15) is 0 Å². The Kier molecular flexibility index (Phi) is 8.25. The third kappa shape index (κ3) is 5.81. The molecule has 0 fully saturated rings. The molecule has 2 aliphatic heterocycles. The second-order valence-corrected chi connectivity index (χ2v) is 16.8. The molecule has 2 aromatic heterocycles. The van der Waals surface area contributed by atoms with Gasteiger partial charge in [-0.25, -0.2) is 9.97 Å². The molecule has 0 saturated carbocycles. The number of hydrogen-bond acceptors (Lipinski definition) is 7. The highest BCUT2D eigenvalue weighted by Gasteiger charge is 2.30. The monoisotopic (exact) mass is 841 g/mol. The number of aromatic nitrogens is 3. The van der Waals surface area contributed by atoms with Crippen molar-refractivity contribution in [1.82, 2.24) is 14.5 Å². The van der Waals surface area contributed by atoms with Crippen LogP contribution in [0.15, 0.2) is 212 Å². The molecule has 2 aliphatic rings. The summed E-state index contributed by atoms with van der Waals surface area (Å²) in [4.78, 5) is 15.4. The van der Waals surface area contributed by atoms with Crippen LogP contribution in [0.4, 0.5) is 34.1 Å². The topological polar surface area (TPSA) is 55.7 Å². The smallest absolute Gasteiger partial charge is 0.151 e. The number of nitrogens with zero attached hydrogens (tertiary/aromatic N) is 5. The van der Waals surface area contributed by atoms with Gasteiger partial charge in [-0.05, 0) is 120 Å². The molecule has 8 heteroatoms. The van der Waals surface area contributed by atoms with Crippen LogP contribution in [0.1, 0.15) is 0 Å². The summed E-state index contributed by atoms with van der Waals surface area (Å²) in [5, 5.41) is 0.926. The zero-order valence-electron chi connectivity index (χ0n) is 34.2. The molecule has 4 heterocycles. The van der Waals surface area contributed by atoms with Crippen LogP contribution in [0, 0.1) is 0 Å². The Balaban J connectivity index is 1.10. The number of ether oxygens (including phenoxy) is 2. The number of fused-ring (bicyclic) bond motifs is 6. The van der Waals surface area contributed by atoms with Crippen molar-refractivity contribution >= 4 is 66.7 Å². The summed E-state index contributed by atoms with van der Waals surface area (Å²) in [5.74, 6) is 4.02. The molecule has 0 amide bonds. The normalized spacial score (nSPS) is 12.6. The predicted octanol–water partition coefficient (Wildman–Crippen LogP) is 15.8. The van der Waals surface area contributed by atoms with E-state index >= 15 is 0 Å². The first-order chi connectivity index (χ1) is 31.7. The molecule has 0 bridgehead atoms. The van der Waals surface area contributed by atoms with E-state index in [1.807, 2.05) is 48.5 Å². The molecule has 302 valence electrons. The fraction of sp³-hybridized carbons (Fsp3) is 0. The second-order valence-electron chi connectivity index (χ2n) is 15.8. The Morgan fingerprint density at radius 1 is 0.359 bits per heavy atom. The molecule has 64 heavy (non-hydrogen) atoms. The average Bonchev–Trinajstić information content (AvgIpc) is 3.97. The summed E-state index contributed by atoms with van der Waals surface area (Å²) >= 11 is 1.70. The summed E-state index contributed by atoms with van der Waals surface area (Å²) in [6.45, 7) is 0. The first kappa shape index (κ1) is 36.2. The lowest BCUT2D eigenvalue weighted by atomic mass is 9.93. The van der Waals surface area contributed by atoms with Crippen LogP contribution in [0.3, 0.4) is 0 Å². The molecule has 0 aliphatic carbocycles. The maximum atomic E-state index is 6.47. The Morgan fingerprint density at radius 2 is 0.828 bits per heavy atom. The number of para-hydroxylation sites is 12. The standard InChI is InChI=1S/C56H35N5O2S/c1-2-16-36(17-3-1)61-45-20-6-4-18-43(45)57-55(61)41-34-37(59-46-21-7-11-25-50(46)62-51-26-12-8-22-47(51)59)30-32-39(41)40-33-31-38(35-42(40)56-58-44-19-5-15-29-54(44)64-56)60-48-23-9-13-27-52(48)63-53-28-14-10-24-49(53)60/h1-35H. The van der Waals surface area contributed by atoms with E-state index in [1.54, 1.807) is 11.3 Å². The molecule has 0 unspecified atom stereocenters. The van der Waals surface area contributed by atoms with Gasteiger partial charge in [0.05, 0.1) is 44.0 Å². The summed E-state index contributed by atoms with van der Waals surface area (Å²) < 4.78 is 16.3. The predicted molar refractivity (Wildman–Crippen MR) is 260 cm³/mol. The number of hydrogen-bond donors (Lipinski definition) is 0. The lowest BCUT2D eigenvalue weighted by molar-refractivity contribution is 0.477. The summed E-state index contributed by atoms with van der Waals surface area (Å²) in [7, 11) is 0. The maximum absolute atomic E-state index is 6.47. The van der Waals surface area contributed by atoms with Gasteiger partial charge in [0.25, 0.3) is 0 Å². The molecule has 0 saturated heterocycles. The van der Waals surface area contributed by atoms with Crippen LogP contribution in [0.2, 0.25) is 0 Å². The molecular formula is C56H35N5O2S. The van der Waals surface area contributed by atoms with E-state index in [4.69, 9.17) is 19.4 Å². The van der Waals surface area contributed by atoms with Crippen LogP contribution < -0.4 is 19.3 Å². The third-order valence-corrected chi connectivity index (χ3v) is 13.1. The molecule has 9 aromatic carbocycles. The van der Waals surface area contributed by atoms with Gasteiger partial charge in [-0.2, -0.15) is 0 Å². The minimum atomic E-state index is 0.795. The summed E-state index contributed by atoms with van der Waals surface area (Å²) in [5.41, 5.74) is 13.8. The Labute approximate surface area is 372 Å². The minimum Gasteiger partial charge on any atom is -0.453 e. The largest absolute Gasteiger partial charge is 0.453 e. The summed E-state index contributed by atoms with van der Waals surface area (Å²) in [6.07, 6.45) is 0. The molecule has 0 radical (unpaired) electrons. The molecule has 0 spiro atoms. The highest BCUT2D eigenvalue weighted by atomic mass is 32.1. The van der Waals surface area contributed by atoms with Crippen molar-refractivity contribution < 1.29 is 9.47 Å². The van der Waals surface area contributed by atoms with Crippen LogP contribution in [-0.4, -0.2) is 14.5 Å². The van der Waals surface area contributed by atoms with Crippen molar-refractivity contribution in [2.75, 3.05) is 9.80 Å². The SMILES string of the molecule is c1ccc(-n2c(-c3cc(N4c5ccccc5Oc5ccccc54)ccc3-c3ccc(N4c5ccccc5Oc5ccccc54)cc3-c3nc4ccccc4s3)nc3ccccc32)cc1. The van der Waals surface area contributed by atoms with Gasteiger partial charge in [0.15, 0.2) is 23.0 Å². The number of benzene rings is 9. The van der Waals surface area contributed by atoms with Gasteiger partial charge in [0.1, 0.15) is 10.8 Å². The fourth-order valence-electron chi connectivity index (χ4n) is 9.17. The van der Waals surface area contributed by atoms with Crippen molar-refractivity contribution in [2.24, 2.45) is 0 Å². The van der Waals surface area contributed by atoms with Crippen LogP contribution in [0.5, 0.6) is 23.0 Å². The average molecular weight is 842 g/mol. The van der Waals surface area contributed by atoms with Crippen LogP contribution >= 0.6 is 11.3 Å². The number of imidazole rings is 1. The molecule has 0 N–H and O–H groups in total. The van der Waals surface area contributed by atoms with Gasteiger partial charge < -0.3 is 19.3 Å². The summed E-state index contributed by atoms with van der Waals surface area (Å²) in [6, 6.07) is 73.7. The van der Waals surface area contributed by atoms with E-state index in [0.29, 0.717) is 0 Å². The number of anilines is 6. The van der Waals surface area contributed by atoms with Gasteiger partial charge >= 0.3 is 0 Å². The van der Waals surface area contributed by atoms with Crippen LogP contribution in [0.25, 0.3) is 60.0 Å². The van der Waals surface area contributed by atoms with Crippen molar-refractivity contribution in [2.45, 2.75) is 0 Å². The molecule has 0 atom stereocenters. The second kappa shape index (κ2) is 14.6. The maximum Gasteiger partial charge on any atom is 0.151 e. The minimum absolute atomic E-state index is 0.795. The van der Waals surface area contributed by atoms with Crippen molar-refractivity contribution in [3.63, 3.8) is 0 Å². The number of rotatable bonds is 6. The van der Waals surface area contributed by atoms with E-state index < -0.39 is 0 Å². The van der Waals surface area contributed by atoms with Gasteiger partial charge in [-0.1, -0.05) is 103 Å². The highest BCUT2D eigenvalue weighted by Crippen LogP contribution is 2.54. The van der Waals surface area contributed by atoms with Gasteiger partial charge in [-0.3, -0.25) is 4.57 Å². The zero-order chi connectivity index (χ0) is 42.1. The van der Waals surface area contributed by atoms with E-state index in [2.05, 4.69) is 178 Å². The quantitative estimate of drug-likeness (QED) is 0.166. The Hall–Kier alpha value is -8.46. The molecular weight excluding hydrogens is 807 g/mol. The van der Waals surface area contributed by atoms with Crippen molar-refractivity contribution in [3.8, 4) is 61.8 Å². The highest BCUT2D eigenvalue weighted by molar-refractivity contribution is 7.21. The van der Waals surface area contributed by atoms with Gasteiger partial charge in [-0.15, -0.1) is 11.3 Å². The molecule has 11 aromatic rings.